The standard InChI is InChI=1S/C16H24FNO2/c1-19-14-9-12(13(17)10-15(14)20-2)16(18)11-7-5-3-4-6-8-11/h9-11,16H,3-8,18H2,1-2H3. The zero-order chi connectivity index (χ0) is 14.5. The molecule has 0 aliphatic heterocycles. The molecule has 20 heavy (non-hydrogen) atoms. The Hall–Kier alpha value is -1.29. The van der Waals surface area contributed by atoms with Crippen LogP contribution < -0.4 is 15.2 Å². The molecular formula is C16H24FNO2. The van der Waals surface area contributed by atoms with E-state index in [9.17, 15) is 4.39 Å². The van der Waals surface area contributed by atoms with Crippen LogP contribution in [0.25, 0.3) is 0 Å². The van der Waals surface area contributed by atoms with Gasteiger partial charge in [-0.2, -0.15) is 0 Å². The molecule has 0 spiro atoms. The van der Waals surface area contributed by atoms with Gasteiger partial charge < -0.3 is 15.2 Å². The number of ether oxygens (including phenoxy) is 2. The second-order valence-electron chi connectivity index (χ2n) is 5.51. The Balaban J connectivity index is 2.26. The maximum absolute atomic E-state index is 14.2. The molecule has 1 atom stereocenters. The van der Waals surface area contributed by atoms with Crippen LogP contribution in [0.4, 0.5) is 4.39 Å². The van der Waals surface area contributed by atoms with Crippen LogP contribution in [0.1, 0.15) is 50.1 Å². The highest BCUT2D eigenvalue weighted by molar-refractivity contribution is 5.44. The van der Waals surface area contributed by atoms with E-state index in [1.54, 1.807) is 13.2 Å². The first-order valence-electron chi connectivity index (χ1n) is 7.34. The molecule has 0 bridgehead atoms. The van der Waals surface area contributed by atoms with E-state index in [2.05, 4.69) is 0 Å². The summed E-state index contributed by atoms with van der Waals surface area (Å²) >= 11 is 0. The van der Waals surface area contributed by atoms with Crippen LogP contribution in [0.3, 0.4) is 0 Å². The van der Waals surface area contributed by atoms with Crippen molar-refractivity contribution in [3.63, 3.8) is 0 Å². The van der Waals surface area contributed by atoms with Crippen molar-refractivity contribution < 1.29 is 13.9 Å². The van der Waals surface area contributed by atoms with Crippen LogP contribution in [-0.2, 0) is 0 Å². The molecule has 2 N–H and O–H groups in total. The average Bonchev–Trinajstić information content (AvgIpc) is 2.75. The third-order valence-electron chi connectivity index (χ3n) is 4.27. The highest BCUT2D eigenvalue weighted by Crippen LogP contribution is 2.37. The molecular weight excluding hydrogens is 257 g/mol. The normalized spacial score (nSPS) is 18.4. The first kappa shape index (κ1) is 15.1. The van der Waals surface area contributed by atoms with Gasteiger partial charge in [-0.15, -0.1) is 0 Å². The van der Waals surface area contributed by atoms with E-state index in [0.717, 1.165) is 12.8 Å². The molecule has 112 valence electrons. The lowest BCUT2D eigenvalue weighted by atomic mass is 9.87. The number of rotatable bonds is 4. The molecule has 1 aromatic carbocycles. The topological polar surface area (TPSA) is 44.5 Å². The Bertz CT molecular complexity index is 442. The summed E-state index contributed by atoms with van der Waals surface area (Å²) in [7, 11) is 3.05. The summed E-state index contributed by atoms with van der Waals surface area (Å²) in [4.78, 5) is 0. The SMILES string of the molecule is COc1cc(F)c(C(N)C2CCCCCC2)cc1OC. The van der Waals surface area contributed by atoms with Crippen molar-refractivity contribution in [1.29, 1.82) is 0 Å². The molecule has 0 radical (unpaired) electrons. The first-order valence-corrected chi connectivity index (χ1v) is 7.34. The molecule has 0 aromatic heterocycles. The molecule has 0 amide bonds. The summed E-state index contributed by atoms with van der Waals surface area (Å²) in [5, 5.41) is 0. The van der Waals surface area contributed by atoms with Crippen molar-refractivity contribution in [3.8, 4) is 11.5 Å². The van der Waals surface area contributed by atoms with Crippen molar-refractivity contribution in [2.75, 3.05) is 14.2 Å². The van der Waals surface area contributed by atoms with Crippen LogP contribution in [0, 0.1) is 11.7 Å². The summed E-state index contributed by atoms with van der Waals surface area (Å²) in [6.07, 6.45) is 7.06. The Morgan fingerprint density at radius 1 is 1.05 bits per heavy atom. The molecule has 1 fully saturated rings. The van der Waals surface area contributed by atoms with Gasteiger partial charge >= 0.3 is 0 Å². The highest BCUT2D eigenvalue weighted by atomic mass is 19.1. The van der Waals surface area contributed by atoms with Gasteiger partial charge in [-0.05, 0) is 24.8 Å². The average molecular weight is 281 g/mol. The number of hydrogen-bond acceptors (Lipinski definition) is 3. The van der Waals surface area contributed by atoms with E-state index in [1.165, 1.54) is 38.9 Å². The summed E-state index contributed by atoms with van der Waals surface area (Å²) in [5.41, 5.74) is 6.86. The van der Waals surface area contributed by atoms with Crippen molar-refractivity contribution in [3.05, 3.63) is 23.5 Å². The van der Waals surface area contributed by atoms with E-state index in [0.29, 0.717) is 23.0 Å². The van der Waals surface area contributed by atoms with Crippen molar-refractivity contribution >= 4 is 0 Å². The number of hydrogen-bond donors (Lipinski definition) is 1. The molecule has 4 heteroatoms. The Morgan fingerprint density at radius 2 is 1.60 bits per heavy atom. The molecule has 1 unspecified atom stereocenters. The van der Waals surface area contributed by atoms with E-state index in [4.69, 9.17) is 15.2 Å². The summed E-state index contributed by atoms with van der Waals surface area (Å²) < 4.78 is 24.6. The van der Waals surface area contributed by atoms with Gasteiger partial charge in [0.05, 0.1) is 14.2 Å². The summed E-state index contributed by atoms with van der Waals surface area (Å²) in [6, 6.07) is 2.78. The molecule has 0 heterocycles. The van der Waals surface area contributed by atoms with Crippen molar-refractivity contribution in [2.24, 2.45) is 11.7 Å². The Labute approximate surface area is 120 Å². The highest BCUT2D eigenvalue weighted by Gasteiger charge is 2.24. The van der Waals surface area contributed by atoms with E-state index < -0.39 is 0 Å². The van der Waals surface area contributed by atoms with E-state index in [-0.39, 0.29) is 11.9 Å². The largest absolute Gasteiger partial charge is 0.493 e. The summed E-state index contributed by atoms with van der Waals surface area (Å²) in [5.74, 6) is 0.985. The fourth-order valence-corrected chi connectivity index (χ4v) is 3.05. The number of benzene rings is 1. The Kier molecular flexibility index (Phi) is 5.24. The van der Waals surface area contributed by atoms with Crippen LogP contribution in [-0.4, -0.2) is 14.2 Å². The molecule has 1 saturated carbocycles. The predicted molar refractivity (Wildman–Crippen MR) is 77.6 cm³/mol. The molecule has 2 rings (SSSR count). The number of methoxy groups -OCH3 is 2. The zero-order valence-corrected chi connectivity index (χ0v) is 12.3. The third-order valence-corrected chi connectivity index (χ3v) is 4.27. The zero-order valence-electron chi connectivity index (χ0n) is 12.3. The second kappa shape index (κ2) is 6.93. The Morgan fingerprint density at radius 3 is 2.15 bits per heavy atom. The lowest BCUT2D eigenvalue weighted by Gasteiger charge is -2.24. The van der Waals surface area contributed by atoms with Crippen molar-refractivity contribution in [1.82, 2.24) is 0 Å². The maximum Gasteiger partial charge on any atom is 0.163 e. The van der Waals surface area contributed by atoms with Crippen LogP contribution in [0.15, 0.2) is 12.1 Å². The van der Waals surface area contributed by atoms with Gasteiger partial charge in [0.2, 0.25) is 0 Å². The minimum absolute atomic E-state index is 0.270. The van der Waals surface area contributed by atoms with Crippen LogP contribution >= 0.6 is 0 Å². The van der Waals surface area contributed by atoms with Crippen molar-refractivity contribution in [2.45, 2.75) is 44.6 Å². The van der Waals surface area contributed by atoms with Crippen LogP contribution in [0.2, 0.25) is 0 Å². The second-order valence-corrected chi connectivity index (χ2v) is 5.51. The fraction of sp³-hybridized carbons (Fsp3) is 0.625. The van der Waals surface area contributed by atoms with Gasteiger partial charge in [0.1, 0.15) is 5.82 Å². The molecule has 1 aliphatic rings. The minimum atomic E-state index is -0.306. The smallest absolute Gasteiger partial charge is 0.163 e. The maximum atomic E-state index is 14.2. The monoisotopic (exact) mass is 281 g/mol. The fourth-order valence-electron chi connectivity index (χ4n) is 3.05. The van der Waals surface area contributed by atoms with Crippen LogP contribution in [0.5, 0.6) is 11.5 Å². The number of nitrogens with two attached hydrogens (primary N) is 1. The molecule has 3 nitrogen and oxygen atoms in total. The first-order chi connectivity index (χ1) is 9.67. The molecule has 0 saturated heterocycles. The van der Waals surface area contributed by atoms with E-state index in [1.807, 2.05) is 0 Å². The van der Waals surface area contributed by atoms with Gasteiger partial charge in [0.25, 0.3) is 0 Å². The lowest BCUT2D eigenvalue weighted by molar-refractivity contribution is 0.343. The quantitative estimate of drug-likeness (QED) is 0.853. The van der Waals surface area contributed by atoms with Gasteiger partial charge in [0.15, 0.2) is 11.5 Å². The van der Waals surface area contributed by atoms with Gasteiger partial charge in [-0.25, -0.2) is 4.39 Å². The predicted octanol–water partition coefficient (Wildman–Crippen LogP) is 3.81. The molecule has 1 aromatic rings. The summed E-state index contributed by atoms with van der Waals surface area (Å²) in [6.45, 7) is 0. The lowest BCUT2D eigenvalue weighted by Crippen LogP contribution is -2.22. The third kappa shape index (κ3) is 3.23. The van der Waals surface area contributed by atoms with Gasteiger partial charge in [0, 0.05) is 17.7 Å². The number of halogens is 1. The van der Waals surface area contributed by atoms with Gasteiger partial charge in [-0.1, -0.05) is 25.7 Å². The molecule has 1 aliphatic carbocycles. The minimum Gasteiger partial charge on any atom is -0.493 e. The van der Waals surface area contributed by atoms with E-state index >= 15 is 0 Å². The van der Waals surface area contributed by atoms with Gasteiger partial charge in [-0.3, -0.25) is 0 Å².